The second-order valence-electron chi connectivity index (χ2n) is 15.5. The third kappa shape index (κ3) is 7.86. The number of allylic oxidation sites excluding steroid dienone is 4. The number of nitrogens with one attached hydrogen (secondary N) is 2. The molecule has 0 aromatic heterocycles. The summed E-state index contributed by atoms with van der Waals surface area (Å²) < 4.78 is 82.9. The lowest BCUT2D eigenvalue weighted by atomic mass is 9.75. The Labute approximate surface area is 358 Å². The number of carbonyl (C=O) groups excluding carboxylic acids is 2. The van der Waals surface area contributed by atoms with Crippen molar-refractivity contribution in [2.45, 2.75) is 53.9 Å². The molecule has 2 aliphatic carbocycles. The third-order valence-corrected chi connectivity index (χ3v) is 10.7. The Morgan fingerprint density at radius 2 is 0.906 bits per heavy atom. The number of carbonyl (C=O) groups is 2. The Bertz CT molecular complexity index is 2680. The smallest absolute Gasteiger partial charge is 0.423 e. The van der Waals surface area contributed by atoms with E-state index in [4.69, 9.17) is 0 Å². The number of aliphatic hydroxyl groups is 2. The highest BCUT2D eigenvalue weighted by Gasteiger charge is 2.41. The van der Waals surface area contributed by atoms with Gasteiger partial charge in [0.25, 0.3) is 11.4 Å². The molecular formula is C44H36F6N4O10. The van der Waals surface area contributed by atoms with Crippen LogP contribution in [0.3, 0.4) is 0 Å². The van der Waals surface area contributed by atoms with Crippen LogP contribution in [-0.2, 0) is 21.9 Å². The van der Waals surface area contributed by atoms with E-state index in [0.29, 0.717) is 24.3 Å². The van der Waals surface area contributed by atoms with Crippen LogP contribution in [0.5, 0.6) is 11.5 Å². The number of rotatable bonds is 9. The summed E-state index contributed by atoms with van der Waals surface area (Å²) in [5, 5.41) is 74.7. The number of aliphatic hydroxyl groups excluding tert-OH is 2. The maximum absolute atomic E-state index is 13.9. The van der Waals surface area contributed by atoms with Crippen molar-refractivity contribution in [1.29, 1.82) is 0 Å². The highest BCUT2D eigenvalue weighted by atomic mass is 19.4. The van der Waals surface area contributed by atoms with Gasteiger partial charge in [-0.15, -0.1) is 0 Å². The van der Waals surface area contributed by atoms with Gasteiger partial charge in [0.2, 0.25) is 11.6 Å². The lowest BCUT2D eigenvalue weighted by Gasteiger charge is -2.29. The van der Waals surface area contributed by atoms with Gasteiger partial charge in [-0.2, -0.15) is 26.3 Å². The summed E-state index contributed by atoms with van der Waals surface area (Å²) in [6.07, 6.45) is -8.53. The van der Waals surface area contributed by atoms with E-state index < -0.39 is 102 Å². The minimum absolute atomic E-state index is 0.0761. The van der Waals surface area contributed by atoms with E-state index in [0.717, 1.165) is 24.5 Å². The Hall–Kier alpha value is -7.64. The number of nitro benzene ring substituents is 2. The first-order valence-corrected chi connectivity index (χ1v) is 19.0. The summed E-state index contributed by atoms with van der Waals surface area (Å²) in [5.74, 6) is -6.15. The number of anilines is 2. The van der Waals surface area contributed by atoms with Crippen LogP contribution in [0.4, 0.5) is 49.1 Å². The lowest BCUT2D eigenvalue weighted by molar-refractivity contribution is -0.388. The van der Waals surface area contributed by atoms with Gasteiger partial charge in [0, 0.05) is 69.3 Å². The number of phenols is 2. The number of Topliss-reactive ketones (excluding diaryl/α,β-unsaturated/α-hetero) is 2. The van der Waals surface area contributed by atoms with Crippen LogP contribution < -0.4 is 10.6 Å². The van der Waals surface area contributed by atoms with Crippen molar-refractivity contribution < 1.29 is 66.2 Å². The lowest BCUT2D eigenvalue weighted by Crippen LogP contribution is -2.20. The molecule has 6 rings (SSSR count). The molecule has 0 fully saturated rings. The third-order valence-electron chi connectivity index (χ3n) is 10.7. The molecule has 0 saturated carbocycles. The molecule has 0 radical (unpaired) electrons. The van der Waals surface area contributed by atoms with E-state index in [1.165, 1.54) is 26.0 Å². The first-order valence-electron chi connectivity index (χ1n) is 19.0. The predicted molar refractivity (Wildman–Crippen MR) is 223 cm³/mol. The van der Waals surface area contributed by atoms with E-state index in [1.54, 1.807) is 27.7 Å². The maximum Gasteiger partial charge on any atom is 0.423 e. The van der Waals surface area contributed by atoms with Gasteiger partial charge >= 0.3 is 12.4 Å². The molecule has 4 aromatic carbocycles. The zero-order chi connectivity index (χ0) is 47.7. The van der Waals surface area contributed by atoms with Gasteiger partial charge in [-0.1, -0.05) is 39.8 Å². The summed E-state index contributed by atoms with van der Waals surface area (Å²) in [7, 11) is 0. The number of alkyl halides is 6. The Morgan fingerprint density at radius 1 is 0.578 bits per heavy atom. The summed E-state index contributed by atoms with van der Waals surface area (Å²) in [6, 6.07) is 6.91. The van der Waals surface area contributed by atoms with Gasteiger partial charge < -0.3 is 31.1 Å². The van der Waals surface area contributed by atoms with E-state index in [9.17, 15) is 76.6 Å². The van der Waals surface area contributed by atoms with E-state index >= 15 is 0 Å². The number of nitrogens with zero attached hydrogens (tertiary/aromatic N) is 2. The molecule has 0 bridgehead atoms. The molecule has 0 amide bonds. The Balaban J connectivity index is 1.60. The number of hydrogen-bond acceptors (Lipinski definition) is 12. The summed E-state index contributed by atoms with van der Waals surface area (Å²) in [5.41, 5.74) is -7.32. The molecule has 0 atom stereocenters. The highest BCUT2D eigenvalue weighted by Crippen LogP contribution is 2.54. The highest BCUT2D eigenvalue weighted by molar-refractivity contribution is 6.35. The Morgan fingerprint density at radius 3 is 1.19 bits per heavy atom. The number of aryl methyl sites for hydroxylation is 2. The summed E-state index contributed by atoms with van der Waals surface area (Å²) >= 11 is 0. The molecule has 0 aliphatic heterocycles. The van der Waals surface area contributed by atoms with Crippen molar-refractivity contribution in [3.05, 3.63) is 137 Å². The largest absolute Gasteiger partial charge is 0.507 e. The first kappa shape index (κ1) is 45.9. The van der Waals surface area contributed by atoms with Crippen molar-refractivity contribution in [2.75, 3.05) is 10.6 Å². The molecule has 0 unspecified atom stereocenters. The van der Waals surface area contributed by atoms with Crippen molar-refractivity contribution in [2.24, 2.45) is 11.8 Å². The maximum atomic E-state index is 13.9. The van der Waals surface area contributed by atoms with Gasteiger partial charge in [-0.25, -0.2) is 0 Å². The van der Waals surface area contributed by atoms with Gasteiger partial charge in [-0.3, -0.25) is 29.8 Å². The summed E-state index contributed by atoms with van der Waals surface area (Å²) in [4.78, 5) is 48.1. The first-order chi connectivity index (χ1) is 29.7. The number of aromatic hydroxyl groups is 2. The van der Waals surface area contributed by atoms with Gasteiger partial charge in [-0.05, 0) is 72.2 Å². The number of phenolic OH excluding ortho intramolecular Hbond substituents is 2. The molecule has 2 aliphatic rings. The second-order valence-corrected chi connectivity index (χ2v) is 15.5. The minimum atomic E-state index is -5.16. The standard InChI is InChI=1S/C44H36F6N4O10/c1-17(2)31-23-11-19(5)33(39(57)35(23)25(37(55)41(31)59)15-51-21-7-9-29(53(61)62)27(13-21)43(45,46)47)34-20(6)12-24-32(18(3)4)42(60)38(56)26(36(24)40(34)58)16-52-22-8-10-30(54(63)64)28(14-22)44(48,49)50/h7-18,51-52,57-60H,1-6H3/b25-15-,26-16-. The number of halogens is 6. The second kappa shape index (κ2) is 16.2. The van der Waals surface area contributed by atoms with Crippen LogP contribution in [0.2, 0.25) is 0 Å². The molecule has 20 heteroatoms. The fourth-order valence-corrected chi connectivity index (χ4v) is 7.96. The van der Waals surface area contributed by atoms with Crippen LogP contribution in [-0.4, -0.2) is 41.8 Å². The van der Waals surface area contributed by atoms with Crippen LogP contribution >= 0.6 is 0 Å². The van der Waals surface area contributed by atoms with Crippen molar-refractivity contribution in [1.82, 2.24) is 0 Å². The fraction of sp³-hybridized carbons (Fsp3) is 0.227. The molecule has 334 valence electrons. The normalized spacial score (nSPS) is 15.7. The number of nitro groups is 2. The van der Waals surface area contributed by atoms with E-state index in [1.807, 2.05) is 0 Å². The zero-order valence-electron chi connectivity index (χ0n) is 34.3. The van der Waals surface area contributed by atoms with Crippen LogP contribution in [0.25, 0.3) is 33.4 Å². The van der Waals surface area contributed by atoms with Crippen LogP contribution in [0, 0.1) is 45.9 Å². The number of ketones is 2. The molecule has 6 N–H and O–H groups in total. The molecule has 0 heterocycles. The molecule has 4 aromatic rings. The van der Waals surface area contributed by atoms with Crippen LogP contribution in [0.15, 0.2) is 72.4 Å². The number of fused-ring (bicyclic) bond motifs is 2. The van der Waals surface area contributed by atoms with E-state index in [2.05, 4.69) is 10.6 Å². The average Bonchev–Trinajstić information content (AvgIpc) is 3.18. The summed E-state index contributed by atoms with van der Waals surface area (Å²) in [6.45, 7) is 9.58. The monoisotopic (exact) mass is 894 g/mol. The fourth-order valence-electron chi connectivity index (χ4n) is 7.96. The number of hydrogen-bond donors (Lipinski definition) is 6. The van der Waals surface area contributed by atoms with Crippen molar-refractivity contribution in [3.8, 4) is 22.6 Å². The van der Waals surface area contributed by atoms with Crippen molar-refractivity contribution >= 4 is 56.6 Å². The Kier molecular flexibility index (Phi) is 11.6. The van der Waals surface area contributed by atoms with Gasteiger partial charge in [0.1, 0.15) is 22.6 Å². The zero-order valence-corrected chi connectivity index (χ0v) is 34.3. The predicted octanol–water partition coefficient (Wildman–Crippen LogP) is 11.2. The van der Waals surface area contributed by atoms with E-state index in [-0.39, 0.29) is 67.0 Å². The quantitative estimate of drug-likeness (QED) is 0.0399. The molecular weight excluding hydrogens is 858 g/mol. The molecule has 0 spiro atoms. The van der Waals surface area contributed by atoms with Crippen molar-refractivity contribution in [3.63, 3.8) is 0 Å². The minimum Gasteiger partial charge on any atom is -0.507 e. The van der Waals surface area contributed by atoms with Crippen LogP contribution in [0.1, 0.15) is 72.2 Å². The SMILES string of the molecule is Cc1cc2c(c(O)c1-c1c(C)cc3c(c1O)/C(=C/Nc1ccc([N+](=O)[O-])c(C(F)(F)F)c1)C(=O)C(O)=C3C(C)C)/C(=C/Nc1ccc([N+](=O)[O-])c(C(F)(F)F)c1)C(=O)C(O)=C2C(C)C. The van der Waals surface area contributed by atoms with Gasteiger partial charge in [0.15, 0.2) is 11.5 Å². The van der Waals surface area contributed by atoms with Gasteiger partial charge in [0.05, 0.1) is 21.0 Å². The average molecular weight is 895 g/mol. The molecule has 0 saturated heterocycles. The molecule has 14 nitrogen and oxygen atoms in total. The number of benzene rings is 4. The molecule has 64 heavy (non-hydrogen) atoms. The topological polar surface area (TPSA) is 225 Å².